The van der Waals surface area contributed by atoms with Crippen molar-refractivity contribution in [3.8, 4) is 0 Å². The van der Waals surface area contributed by atoms with E-state index in [-0.39, 0.29) is 5.54 Å². The first-order valence-electron chi connectivity index (χ1n) is 5.25. The van der Waals surface area contributed by atoms with Gasteiger partial charge in [0.1, 0.15) is 5.82 Å². The summed E-state index contributed by atoms with van der Waals surface area (Å²) in [6.07, 6.45) is 7.11. The molecule has 0 amide bonds. The van der Waals surface area contributed by atoms with E-state index in [0.29, 0.717) is 5.92 Å². The van der Waals surface area contributed by atoms with E-state index in [2.05, 4.69) is 16.9 Å². The minimum Gasteiger partial charge on any atom is -0.319 e. The summed E-state index contributed by atoms with van der Waals surface area (Å²) in [7, 11) is 0. The number of aryl methyl sites for hydroxylation is 1. The molecule has 2 atom stereocenters. The largest absolute Gasteiger partial charge is 0.319 e. The van der Waals surface area contributed by atoms with Crippen LogP contribution in [0.25, 0.3) is 0 Å². The zero-order valence-electron chi connectivity index (χ0n) is 8.83. The zero-order chi connectivity index (χ0) is 10.2. The molecule has 1 saturated carbocycles. The van der Waals surface area contributed by atoms with Crippen molar-refractivity contribution in [1.82, 2.24) is 9.97 Å². The van der Waals surface area contributed by atoms with Gasteiger partial charge in [0.25, 0.3) is 0 Å². The van der Waals surface area contributed by atoms with E-state index in [1.54, 1.807) is 0 Å². The Morgan fingerprint density at radius 3 is 2.71 bits per heavy atom. The monoisotopic (exact) mass is 191 g/mol. The molecule has 2 unspecified atom stereocenters. The SMILES string of the molecule is CCCC1CC1(N)c1ncc(C)cn1. The van der Waals surface area contributed by atoms with E-state index in [1.807, 2.05) is 19.3 Å². The molecule has 3 nitrogen and oxygen atoms in total. The van der Waals surface area contributed by atoms with Crippen LogP contribution in [0.3, 0.4) is 0 Å². The second-order valence-electron chi connectivity index (χ2n) is 4.31. The average Bonchev–Trinajstić information content (AvgIpc) is 2.80. The lowest BCUT2D eigenvalue weighted by atomic mass is 10.1. The fourth-order valence-corrected chi connectivity index (χ4v) is 1.96. The molecule has 2 N–H and O–H groups in total. The maximum Gasteiger partial charge on any atom is 0.148 e. The second kappa shape index (κ2) is 3.31. The Morgan fingerprint density at radius 2 is 2.14 bits per heavy atom. The standard InChI is InChI=1S/C11H17N3/c1-3-4-9-5-11(9,12)10-13-6-8(2)7-14-10/h6-7,9H,3-5,12H2,1-2H3. The van der Waals surface area contributed by atoms with Gasteiger partial charge in [0.15, 0.2) is 0 Å². The number of hydrogen-bond donors (Lipinski definition) is 1. The van der Waals surface area contributed by atoms with Gasteiger partial charge in [-0.3, -0.25) is 0 Å². The van der Waals surface area contributed by atoms with Crippen LogP contribution in [0.5, 0.6) is 0 Å². The molecule has 0 aromatic carbocycles. The van der Waals surface area contributed by atoms with Gasteiger partial charge in [-0.15, -0.1) is 0 Å². The molecule has 1 aliphatic carbocycles. The molecule has 0 bridgehead atoms. The predicted octanol–water partition coefficient (Wildman–Crippen LogP) is 1.76. The van der Waals surface area contributed by atoms with E-state index >= 15 is 0 Å². The fourth-order valence-electron chi connectivity index (χ4n) is 1.96. The molecule has 3 heteroatoms. The van der Waals surface area contributed by atoms with Crippen molar-refractivity contribution in [2.24, 2.45) is 11.7 Å². The molecule has 1 fully saturated rings. The van der Waals surface area contributed by atoms with Crippen LogP contribution in [0.4, 0.5) is 0 Å². The fraction of sp³-hybridized carbons (Fsp3) is 0.636. The van der Waals surface area contributed by atoms with Gasteiger partial charge in [0.2, 0.25) is 0 Å². The highest BCUT2D eigenvalue weighted by molar-refractivity contribution is 5.20. The van der Waals surface area contributed by atoms with Crippen LogP contribution >= 0.6 is 0 Å². The number of hydrogen-bond acceptors (Lipinski definition) is 3. The van der Waals surface area contributed by atoms with Gasteiger partial charge in [0, 0.05) is 12.4 Å². The zero-order valence-corrected chi connectivity index (χ0v) is 8.83. The summed E-state index contributed by atoms with van der Waals surface area (Å²) in [5.74, 6) is 1.41. The van der Waals surface area contributed by atoms with Crippen molar-refractivity contribution < 1.29 is 0 Å². The van der Waals surface area contributed by atoms with E-state index < -0.39 is 0 Å². The second-order valence-corrected chi connectivity index (χ2v) is 4.31. The van der Waals surface area contributed by atoms with Crippen LogP contribution in [0.15, 0.2) is 12.4 Å². The third kappa shape index (κ3) is 1.52. The van der Waals surface area contributed by atoms with E-state index in [0.717, 1.165) is 17.8 Å². The molecule has 14 heavy (non-hydrogen) atoms. The molecule has 1 heterocycles. The molecule has 1 aliphatic rings. The molecule has 0 spiro atoms. The van der Waals surface area contributed by atoms with E-state index in [9.17, 15) is 0 Å². The van der Waals surface area contributed by atoms with Crippen LogP contribution in [0, 0.1) is 12.8 Å². The molecular weight excluding hydrogens is 174 g/mol. The van der Waals surface area contributed by atoms with Gasteiger partial charge in [-0.25, -0.2) is 9.97 Å². The Bertz CT molecular complexity index is 320. The molecular formula is C11H17N3. The average molecular weight is 191 g/mol. The van der Waals surface area contributed by atoms with Crippen molar-refractivity contribution >= 4 is 0 Å². The normalized spacial score (nSPS) is 30.4. The maximum absolute atomic E-state index is 6.22. The Balaban J connectivity index is 2.13. The van der Waals surface area contributed by atoms with Gasteiger partial charge < -0.3 is 5.73 Å². The smallest absolute Gasteiger partial charge is 0.148 e. The molecule has 2 rings (SSSR count). The Morgan fingerprint density at radius 1 is 1.50 bits per heavy atom. The third-order valence-electron chi connectivity index (χ3n) is 2.99. The quantitative estimate of drug-likeness (QED) is 0.792. The first-order chi connectivity index (χ1) is 6.66. The van der Waals surface area contributed by atoms with Gasteiger partial charge in [-0.05, 0) is 31.2 Å². The van der Waals surface area contributed by atoms with Gasteiger partial charge >= 0.3 is 0 Å². The van der Waals surface area contributed by atoms with E-state index in [4.69, 9.17) is 5.73 Å². The predicted molar refractivity (Wildman–Crippen MR) is 55.6 cm³/mol. The van der Waals surface area contributed by atoms with E-state index in [1.165, 1.54) is 12.8 Å². The van der Waals surface area contributed by atoms with Crippen LogP contribution < -0.4 is 5.73 Å². The first kappa shape index (κ1) is 9.59. The summed E-state index contributed by atoms with van der Waals surface area (Å²) in [5.41, 5.74) is 7.09. The Kier molecular flexibility index (Phi) is 2.27. The molecule has 0 radical (unpaired) electrons. The van der Waals surface area contributed by atoms with Gasteiger partial charge in [-0.2, -0.15) is 0 Å². The number of rotatable bonds is 3. The maximum atomic E-state index is 6.22. The minimum absolute atomic E-state index is 0.219. The van der Waals surface area contributed by atoms with Crippen LogP contribution in [0.2, 0.25) is 0 Å². The summed E-state index contributed by atoms with van der Waals surface area (Å²) in [5, 5.41) is 0. The summed E-state index contributed by atoms with van der Waals surface area (Å²) >= 11 is 0. The van der Waals surface area contributed by atoms with Crippen molar-refractivity contribution in [2.45, 2.75) is 38.6 Å². The highest BCUT2D eigenvalue weighted by atomic mass is 15.0. The Labute approximate surface area is 84.8 Å². The van der Waals surface area contributed by atoms with Crippen molar-refractivity contribution in [3.63, 3.8) is 0 Å². The highest BCUT2D eigenvalue weighted by Gasteiger charge is 2.53. The molecule has 0 saturated heterocycles. The lowest BCUT2D eigenvalue weighted by molar-refractivity contribution is 0.554. The van der Waals surface area contributed by atoms with Crippen LogP contribution in [0.1, 0.15) is 37.6 Å². The van der Waals surface area contributed by atoms with Crippen molar-refractivity contribution in [1.29, 1.82) is 0 Å². The number of nitrogens with zero attached hydrogens (tertiary/aromatic N) is 2. The lowest BCUT2D eigenvalue weighted by Gasteiger charge is -2.09. The van der Waals surface area contributed by atoms with Crippen LogP contribution in [-0.4, -0.2) is 9.97 Å². The lowest BCUT2D eigenvalue weighted by Crippen LogP contribution is -2.25. The Hall–Kier alpha value is -0.960. The van der Waals surface area contributed by atoms with Gasteiger partial charge in [0.05, 0.1) is 5.54 Å². The highest BCUT2D eigenvalue weighted by Crippen LogP contribution is 2.50. The summed E-state index contributed by atoms with van der Waals surface area (Å²) in [6.45, 7) is 4.18. The molecule has 1 aromatic heterocycles. The topological polar surface area (TPSA) is 51.8 Å². The molecule has 0 aliphatic heterocycles. The molecule has 1 aromatic rings. The minimum atomic E-state index is -0.219. The first-order valence-corrected chi connectivity index (χ1v) is 5.25. The van der Waals surface area contributed by atoms with Crippen LogP contribution in [-0.2, 0) is 5.54 Å². The number of nitrogens with two attached hydrogens (primary N) is 1. The van der Waals surface area contributed by atoms with Crippen molar-refractivity contribution in [3.05, 3.63) is 23.8 Å². The summed E-state index contributed by atoms with van der Waals surface area (Å²) in [6, 6.07) is 0. The number of aromatic nitrogens is 2. The summed E-state index contributed by atoms with van der Waals surface area (Å²) < 4.78 is 0. The van der Waals surface area contributed by atoms with Crippen molar-refractivity contribution in [2.75, 3.05) is 0 Å². The third-order valence-corrected chi connectivity index (χ3v) is 2.99. The summed E-state index contributed by atoms with van der Waals surface area (Å²) in [4.78, 5) is 8.62. The molecule has 76 valence electrons. The van der Waals surface area contributed by atoms with Gasteiger partial charge in [-0.1, -0.05) is 13.3 Å².